The van der Waals surface area contributed by atoms with Crippen molar-refractivity contribution in [2.75, 3.05) is 32.3 Å². The van der Waals surface area contributed by atoms with Crippen molar-refractivity contribution < 1.29 is 23.0 Å². The third kappa shape index (κ3) is 4.14. The highest BCUT2D eigenvalue weighted by molar-refractivity contribution is 8.15. The highest BCUT2D eigenvalue weighted by atomic mass is 32.2. The molecule has 32 heavy (non-hydrogen) atoms. The summed E-state index contributed by atoms with van der Waals surface area (Å²) >= 11 is 1.47. The predicted molar refractivity (Wildman–Crippen MR) is 117 cm³/mol. The van der Waals surface area contributed by atoms with Crippen LogP contribution < -0.4 is 15.8 Å². The minimum atomic E-state index is -0.881. The molecule has 1 aliphatic carbocycles. The zero-order chi connectivity index (χ0) is 22.9. The first-order valence-electron chi connectivity index (χ1n) is 9.97. The maximum Gasteiger partial charge on any atom is 0.275 e. The lowest BCUT2D eigenvalue weighted by atomic mass is 9.85. The zero-order valence-corrected chi connectivity index (χ0v) is 18.4. The molecular weight excluding hydrogens is 440 g/mol. The summed E-state index contributed by atoms with van der Waals surface area (Å²) in [5, 5.41) is 3.09. The van der Waals surface area contributed by atoms with Gasteiger partial charge in [-0.1, -0.05) is 11.8 Å². The lowest BCUT2D eigenvalue weighted by molar-refractivity contribution is 0.102. The van der Waals surface area contributed by atoms with Crippen LogP contribution in [0.1, 0.15) is 29.4 Å². The number of anilines is 1. The van der Waals surface area contributed by atoms with Crippen LogP contribution in [0.2, 0.25) is 0 Å². The normalized spacial score (nSPS) is 26.1. The molecule has 11 heteroatoms. The molecule has 4 rings (SSSR count). The Morgan fingerprint density at radius 3 is 2.88 bits per heavy atom. The summed E-state index contributed by atoms with van der Waals surface area (Å²) in [6.07, 6.45) is 3.26. The van der Waals surface area contributed by atoms with Crippen LogP contribution in [0.4, 0.5) is 14.5 Å². The SMILES string of the molecule is COC[C@]12C[C@H]1[C@](C)(c1cc(NC(=O)c3cnc(OCCF)cn3)ccc1F)N=C(N)S2. The molecule has 0 radical (unpaired) electrons. The fraction of sp³-hybridized carbons (Fsp3) is 0.429. The number of methoxy groups -OCH3 is 1. The number of nitrogens with zero attached hydrogens (tertiary/aromatic N) is 3. The van der Waals surface area contributed by atoms with Crippen molar-refractivity contribution in [3.8, 4) is 5.88 Å². The first-order chi connectivity index (χ1) is 15.3. The number of halogens is 2. The Morgan fingerprint density at radius 1 is 1.38 bits per heavy atom. The maximum atomic E-state index is 14.9. The number of thioether (sulfide) groups is 1. The summed E-state index contributed by atoms with van der Waals surface area (Å²) in [7, 11) is 1.63. The van der Waals surface area contributed by atoms with Crippen LogP contribution in [0.3, 0.4) is 0 Å². The first-order valence-corrected chi connectivity index (χ1v) is 10.8. The quantitative estimate of drug-likeness (QED) is 0.619. The number of rotatable bonds is 8. The van der Waals surface area contributed by atoms with Crippen molar-refractivity contribution in [3.63, 3.8) is 0 Å². The lowest BCUT2D eigenvalue weighted by Crippen LogP contribution is -2.37. The molecule has 3 N–H and O–H groups in total. The number of carbonyl (C=O) groups excluding carboxylic acids is 1. The summed E-state index contributed by atoms with van der Waals surface area (Å²) in [5.74, 6) is -0.790. The van der Waals surface area contributed by atoms with E-state index in [1.807, 2.05) is 6.92 Å². The molecule has 2 heterocycles. The second-order valence-electron chi connectivity index (χ2n) is 7.88. The molecule has 0 spiro atoms. The molecule has 2 aliphatic rings. The number of benzene rings is 1. The average molecular weight is 464 g/mol. The van der Waals surface area contributed by atoms with Gasteiger partial charge in [0.1, 0.15) is 24.8 Å². The Labute approximate surface area is 188 Å². The molecule has 2 aromatic rings. The van der Waals surface area contributed by atoms with Gasteiger partial charge < -0.3 is 20.5 Å². The van der Waals surface area contributed by atoms with Crippen molar-refractivity contribution in [1.29, 1.82) is 0 Å². The molecule has 1 saturated carbocycles. The summed E-state index contributed by atoms with van der Waals surface area (Å²) in [6, 6.07) is 4.33. The lowest BCUT2D eigenvalue weighted by Gasteiger charge is -2.34. The van der Waals surface area contributed by atoms with E-state index in [4.69, 9.17) is 15.2 Å². The minimum Gasteiger partial charge on any atom is -0.474 e. The van der Waals surface area contributed by atoms with Gasteiger partial charge in [0.15, 0.2) is 5.17 Å². The van der Waals surface area contributed by atoms with E-state index in [-0.39, 0.29) is 28.8 Å². The van der Waals surface area contributed by atoms with E-state index in [1.165, 1.54) is 36.3 Å². The molecular formula is C21H23F2N5O3S. The highest BCUT2D eigenvalue weighted by Crippen LogP contribution is 2.66. The van der Waals surface area contributed by atoms with E-state index in [2.05, 4.69) is 20.3 Å². The first kappa shape index (κ1) is 22.4. The molecule has 3 atom stereocenters. The second-order valence-corrected chi connectivity index (χ2v) is 9.32. The van der Waals surface area contributed by atoms with Crippen LogP contribution in [0.15, 0.2) is 35.6 Å². The summed E-state index contributed by atoms with van der Waals surface area (Å²) < 4.78 is 37.2. The summed E-state index contributed by atoms with van der Waals surface area (Å²) in [5.41, 5.74) is 5.98. The van der Waals surface area contributed by atoms with E-state index in [1.54, 1.807) is 13.2 Å². The zero-order valence-electron chi connectivity index (χ0n) is 17.6. The van der Waals surface area contributed by atoms with Crippen LogP contribution in [0.5, 0.6) is 5.88 Å². The van der Waals surface area contributed by atoms with Gasteiger partial charge in [0.05, 0.1) is 29.3 Å². The Balaban J connectivity index is 1.56. The van der Waals surface area contributed by atoms with Crippen molar-refractivity contribution >= 4 is 28.5 Å². The van der Waals surface area contributed by atoms with E-state index in [0.717, 1.165) is 6.42 Å². The largest absolute Gasteiger partial charge is 0.474 e. The van der Waals surface area contributed by atoms with Crippen molar-refractivity contribution in [2.24, 2.45) is 16.6 Å². The van der Waals surface area contributed by atoms with Crippen molar-refractivity contribution in [3.05, 3.63) is 47.7 Å². The van der Waals surface area contributed by atoms with Crippen LogP contribution >= 0.6 is 11.8 Å². The fourth-order valence-corrected chi connectivity index (χ4v) is 5.62. The summed E-state index contributed by atoms with van der Waals surface area (Å²) in [4.78, 5) is 25.1. The van der Waals surface area contributed by atoms with Crippen LogP contribution in [-0.4, -0.2) is 52.8 Å². The number of carbonyl (C=O) groups is 1. The van der Waals surface area contributed by atoms with Gasteiger partial charge in [0.25, 0.3) is 5.91 Å². The number of alkyl halides is 1. The molecule has 1 aromatic carbocycles. The van der Waals surface area contributed by atoms with Gasteiger partial charge in [-0.2, -0.15) is 0 Å². The number of nitrogens with two attached hydrogens (primary N) is 1. The predicted octanol–water partition coefficient (Wildman–Crippen LogP) is 2.90. The Bertz CT molecular complexity index is 1050. The number of amidine groups is 1. The van der Waals surface area contributed by atoms with Crippen LogP contribution in [-0.2, 0) is 10.3 Å². The summed E-state index contributed by atoms with van der Waals surface area (Å²) in [6.45, 7) is 1.55. The number of fused-ring (bicyclic) bond motifs is 1. The number of hydrogen-bond donors (Lipinski definition) is 2. The Morgan fingerprint density at radius 2 is 2.19 bits per heavy atom. The average Bonchev–Trinajstić information content (AvgIpc) is 3.49. The number of aliphatic imine (C=N–C) groups is 1. The number of nitrogens with one attached hydrogen (secondary N) is 1. The van der Waals surface area contributed by atoms with Gasteiger partial charge in [-0.15, -0.1) is 0 Å². The molecule has 0 bridgehead atoms. The minimum absolute atomic E-state index is 0.0346. The third-order valence-corrected chi connectivity index (χ3v) is 6.98. The molecule has 0 saturated heterocycles. The molecule has 170 valence electrons. The number of ether oxygens (including phenoxy) is 2. The van der Waals surface area contributed by atoms with Crippen LogP contribution in [0, 0.1) is 11.7 Å². The standard InChI is InChI=1S/C21H23F2N5O3S/c1-20(16-8-21(16,11-30-2)32-19(24)28-20)13-7-12(3-4-14(13)23)27-18(29)15-9-26-17(10-25-15)31-6-5-22/h3-4,7,9-10,16H,5-6,8,11H2,1-2H3,(H2,24,28)(H,27,29)/t16-,20-,21+/m0/s1. The molecule has 1 aromatic heterocycles. The number of amides is 1. The van der Waals surface area contributed by atoms with Gasteiger partial charge in [-0.3, -0.25) is 9.79 Å². The topological polar surface area (TPSA) is 112 Å². The highest BCUT2D eigenvalue weighted by Gasteiger charge is 2.66. The Hall–Kier alpha value is -2.79. The van der Waals surface area contributed by atoms with E-state index < -0.39 is 23.9 Å². The number of aromatic nitrogens is 2. The monoisotopic (exact) mass is 463 g/mol. The molecule has 0 unspecified atom stereocenters. The molecule has 1 aliphatic heterocycles. The Kier molecular flexibility index (Phi) is 6.04. The molecule has 1 amide bonds. The smallest absolute Gasteiger partial charge is 0.275 e. The maximum absolute atomic E-state index is 14.9. The van der Waals surface area contributed by atoms with Crippen LogP contribution in [0.25, 0.3) is 0 Å². The van der Waals surface area contributed by atoms with Gasteiger partial charge in [-0.05, 0) is 31.5 Å². The molecule has 8 nitrogen and oxygen atoms in total. The van der Waals surface area contributed by atoms with E-state index in [0.29, 0.717) is 23.0 Å². The number of hydrogen-bond acceptors (Lipinski definition) is 8. The van der Waals surface area contributed by atoms with Crippen molar-refractivity contribution in [2.45, 2.75) is 23.6 Å². The fourth-order valence-electron chi connectivity index (χ4n) is 4.17. The molecule has 1 fully saturated rings. The van der Waals surface area contributed by atoms with Gasteiger partial charge in [0.2, 0.25) is 5.88 Å². The van der Waals surface area contributed by atoms with E-state index >= 15 is 0 Å². The van der Waals surface area contributed by atoms with Gasteiger partial charge >= 0.3 is 0 Å². The second kappa shape index (κ2) is 8.62. The van der Waals surface area contributed by atoms with Gasteiger partial charge in [0, 0.05) is 24.3 Å². The third-order valence-electron chi connectivity index (χ3n) is 5.70. The van der Waals surface area contributed by atoms with Gasteiger partial charge in [-0.25, -0.2) is 18.7 Å². The van der Waals surface area contributed by atoms with E-state index in [9.17, 15) is 13.6 Å². The van der Waals surface area contributed by atoms with Crippen molar-refractivity contribution in [1.82, 2.24) is 9.97 Å².